The van der Waals surface area contributed by atoms with Gasteiger partial charge >= 0.3 is 0 Å². The molecular formula is C11H16N4O4. The van der Waals surface area contributed by atoms with Gasteiger partial charge in [0, 0.05) is 19.2 Å². The third kappa shape index (κ3) is 1.85. The lowest BCUT2D eigenvalue weighted by Gasteiger charge is -2.18. The Balaban J connectivity index is 1.79. The minimum atomic E-state index is -1.46. The number of rotatable bonds is 5. The van der Waals surface area contributed by atoms with Crippen molar-refractivity contribution < 1.29 is 20.4 Å². The van der Waals surface area contributed by atoms with E-state index in [2.05, 4.69) is 15.4 Å². The molecule has 0 aliphatic carbocycles. The standard InChI is InChI=1S/C11H16N4O4/c16-2-1-7(17)8(18)3-6-4-12-10-9(6)15-5-13-11(10,19)14-15/h4-5,7-8,12,14,16-19H,1-3H2/t7-,8+,11?/m1/s1. The Morgan fingerprint density at radius 3 is 2.89 bits per heavy atom. The van der Waals surface area contributed by atoms with Gasteiger partial charge < -0.3 is 25.4 Å². The van der Waals surface area contributed by atoms with Gasteiger partial charge in [0.2, 0.25) is 0 Å². The summed E-state index contributed by atoms with van der Waals surface area (Å²) < 4.78 is 0. The number of nitrogens with zero attached hydrogens (tertiary/aromatic N) is 2. The summed E-state index contributed by atoms with van der Waals surface area (Å²) in [7, 11) is 0. The van der Waals surface area contributed by atoms with Crippen LogP contribution >= 0.6 is 0 Å². The van der Waals surface area contributed by atoms with Crippen molar-refractivity contribution in [1.82, 2.24) is 10.4 Å². The fraction of sp³-hybridized carbons (Fsp3) is 0.545. The van der Waals surface area contributed by atoms with E-state index < -0.39 is 18.1 Å². The van der Waals surface area contributed by atoms with Crippen molar-refractivity contribution in [1.29, 1.82) is 0 Å². The van der Waals surface area contributed by atoms with Crippen molar-refractivity contribution in [3.8, 4) is 0 Å². The topological polar surface area (TPSA) is 124 Å². The Morgan fingerprint density at radius 2 is 2.16 bits per heavy atom. The van der Waals surface area contributed by atoms with E-state index in [1.807, 2.05) is 0 Å². The van der Waals surface area contributed by atoms with Gasteiger partial charge in [-0.05, 0) is 12.0 Å². The lowest BCUT2D eigenvalue weighted by atomic mass is 10.0. The number of aromatic nitrogens is 1. The monoisotopic (exact) mass is 268 g/mol. The molecule has 6 N–H and O–H groups in total. The van der Waals surface area contributed by atoms with E-state index in [0.717, 1.165) is 5.56 Å². The zero-order valence-electron chi connectivity index (χ0n) is 10.1. The molecule has 8 heteroatoms. The molecule has 0 fully saturated rings. The fourth-order valence-corrected chi connectivity index (χ4v) is 2.44. The predicted molar refractivity (Wildman–Crippen MR) is 66.2 cm³/mol. The summed E-state index contributed by atoms with van der Waals surface area (Å²) in [5.41, 5.74) is 4.76. The first-order valence-electron chi connectivity index (χ1n) is 6.07. The summed E-state index contributed by atoms with van der Waals surface area (Å²) in [5.74, 6) is -1.46. The van der Waals surface area contributed by atoms with Gasteiger partial charge in [-0.25, -0.2) is 4.99 Å². The molecule has 3 rings (SSSR count). The second kappa shape index (κ2) is 4.29. The SMILES string of the molecule is OCC[C@@H](O)[C@@H](O)Cc1c[nH]c2c1N1C=NC2(O)N1. The van der Waals surface area contributed by atoms with Crippen LogP contribution in [0.5, 0.6) is 0 Å². The molecule has 1 unspecified atom stereocenters. The molecule has 0 saturated heterocycles. The zero-order valence-corrected chi connectivity index (χ0v) is 10.1. The van der Waals surface area contributed by atoms with Gasteiger partial charge in [0.25, 0.3) is 5.85 Å². The van der Waals surface area contributed by atoms with Crippen LogP contribution in [0.4, 0.5) is 5.69 Å². The number of H-pyrrole nitrogens is 1. The molecule has 0 amide bonds. The Labute approximate surface area is 109 Å². The van der Waals surface area contributed by atoms with Crippen molar-refractivity contribution in [3.63, 3.8) is 0 Å². The highest BCUT2D eigenvalue weighted by Gasteiger charge is 2.47. The second-order valence-corrected chi connectivity index (χ2v) is 4.79. The quantitative estimate of drug-likeness (QED) is 0.372. The highest BCUT2D eigenvalue weighted by atomic mass is 16.3. The number of aromatic amines is 1. The first kappa shape index (κ1) is 12.6. The first-order chi connectivity index (χ1) is 9.05. The first-order valence-corrected chi connectivity index (χ1v) is 6.07. The summed E-state index contributed by atoms with van der Waals surface area (Å²) in [4.78, 5) is 6.83. The molecular weight excluding hydrogens is 252 g/mol. The van der Waals surface area contributed by atoms with Crippen LogP contribution in [-0.2, 0) is 12.3 Å². The maximum atomic E-state index is 10.1. The van der Waals surface area contributed by atoms with Crippen LogP contribution in [0.2, 0.25) is 0 Å². The van der Waals surface area contributed by atoms with Crippen LogP contribution in [0.25, 0.3) is 0 Å². The van der Waals surface area contributed by atoms with E-state index >= 15 is 0 Å². The number of fused-ring (bicyclic) bond motifs is 5. The van der Waals surface area contributed by atoms with E-state index in [0.29, 0.717) is 11.4 Å². The molecule has 0 radical (unpaired) electrons. The van der Waals surface area contributed by atoms with Crippen LogP contribution in [0.1, 0.15) is 17.7 Å². The van der Waals surface area contributed by atoms with Gasteiger partial charge in [0.1, 0.15) is 12.0 Å². The van der Waals surface area contributed by atoms with E-state index in [9.17, 15) is 15.3 Å². The molecule has 0 aromatic carbocycles. The number of hydrogen-bond acceptors (Lipinski definition) is 7. The van der Waals surface area contributed by atoms with E-state index in [-0.39, 0.29) is 19.4 Å². The Kier molecular flexibility index (Phi) is 2.84. The van der Waals surface area contributed by atoms with Crippen molar-refractivity contribution in [2.75, 3.05) is 11.6 Å². The predicted octanol–water partition coefficient (Wildman–Crippen LogP) is -1.87. The maximum absolute atomic E-state index is 10.1. The average molecular weight is 268 g/mol. The lowest BCUT2D eigenvalue weighted by Crippen LogP contribution is -2.38. The maximum Gasteiger partial charge on any atom is 0.277 e. The van der Waals surface area contributed by atoms with Crippen molar-refractivity contribution in [2.45, 2.75) is 30.9 Å². The number of hydrogen-bond donors (Lipinski definition) is 6. The summed E-state index contributed by atoms with van der Waals surface area (Å²) >= 11 is 0. The molecule has 1 aromatic heterocycles. The van der Waals surface area contributed by atoms with E-state index in [1.165, 1.54) is 6.34 Å². The molecule has 2 bridgehead atoms. The number of aliphatic imine (C=N–C) groups is 1. The van der Waals surface area contributed by atoms with Crippen LogP contribution in [0, 0.1) is 0 Å². The minimum absolute atomic E-state index is 0.126. The molecule has 3 heterocycles. The van der Waals surface area contributed by atoms with Gasteiger partial charge in [-0.2, -0.15) is 5.43 Å². The van der Waals surface area contributed by atoms with E-state index in [1.54, 1.807) is 11.2 Å². The van der Waals surface area contributed by atoms with Crippen molar-refractivity contribution in [3.05, 3.63) is 17.5 Å². The Morgan fingerprint density at radius 1 is 1.37 bits per heavy atom. The number of hydrazine groups is 1. The smallest absolute Gasteiger partial charge is 0.277 e. The number of nitrogens with one attached hydrogen (secondary N) is 2. The molecule has 3 atom stereocenters. The van der Waals surface area contributed by atoms with Crippen LogP contribution < -0.4 is 10.4 Å². The van der Waals surface area contributed by atoms with Crippen LogP contribution in [0.15, 0.2) is 11.2 Å². The van der Waals surface area contributed by atoms with Crippen LogP contribution in [-0.4, -0.2) is 50.6 Å². The number of anilines is 1. The molecule has 8 nitrogen and oxygen atoms in total. The zero-order chi connectivity index (χ0) is 13.6. The van der Waals surface area contributed by atoms with Gasteiger partial charge in [-0.1, -0.05) is 0 Å². The van der Waals surface area contributed by atoms with Crippen molar-refractivity contribution >= 4 is 12.0 Å². The van der Waals surface area contributed by atoms with Crippen molar-refractivity contribution in [2.24, 2.45) is 4.99 Å². The minimum Gasteiger partial charge on any atom is -0.396 e. The van der Waals surface area contributed by atoms with Gasteiger partial charge in [-0.15, -0.1) is 0 Å². The second-order valence-electron chi connectivity index (χ2n) is 4.79. The van der Waals surface area contributed by atoms with Gasteiger partial charge in [0.15, 0.2) is 0 Å². The van der Waals surface area contributed by atoms with Gasteiger partial charge in [0.05, 0.1) is 17.9 Å². The number of aliphatic hydroxyl groups is 4. The molecule has 104 valence electrons. The molecule has 19 heavy (non-hydrogen) atoms. The Hall–Kier alpha value is -1.45. The highest BCUT2D eigenvalue weighted by molar-refractivity contribution is 5.87. The normalized spacial score (nSPS) is 26.8. The molecule has 2 aliphatic rings. The average Bonchev–Trinajstić information content (AvgIpc) is 3.00. The molecule has 2 aliphatic heterocycles. The Bertz CT molecular complexity index is 517. The summed E-state index contributed by atoms with van der Waals surface area (Å²) in [6.07, 6.45) is 1.53. The largest absolute Gasteiger partial charge is 0.396 e. The number of aliphatic hydroxyl groups excluding tert-OH is 3. The molecule has 0 spiro atoms. The van der Waals surface area contributed by atoms with Crippen LogP contribution in [0.3, 0.4) is 0 Å². The fourth-order valence-electron chi connectivity index (χ4n) is 2.44. The highest BCUT2D eigenvalue weighted by Crippen LogP contribution is 2.41. The lowest BCUT2D eigenvalue weighted by molar-refractivity contribution is 0.00606. The summed E-state index contributed by atoms with van der Waals surface area (Å²) in [6, 6.07) is 0. The third-order valence-corrected chi connectivity index (χ3v) is 3.46. The van der Waals surface area contributed by atoms with E-state index in [4.69, 9.17) is 5.11 Å². The van der Waals surface area contributed by atoms with Gasteiger partial charge in [-0.3, -0.25) is 5.01 Å². The molecule has 1 aromatic rings. The summed E-state index contributed by atoms with van der Waals surface area (Å²) in [6.45, 7) is -0.177. The summed E-state index contributed by atoms with van der Waals surface area (Å²) in [5, 5.41) is 39.9. The molecule has 0 saturated carbocycles. The third-order valence-electron chi connectivity index (χ3n) is 3.46.